The van der Waals surface area contributed by atoms with Crippen LogP contribution in [0.5, 0.6) is 0 Å². The van der Waals surface area contributed by atoms with Crippen LogP contribution in [0.1, 0.15) is 54.6 Å². The highest BCUT2D eigenvalue weighted by Gasteiger charge is 2.58. The molecule has 2 aromatic rings. The first-order valence-electron chi connectivity index (χ1n) is 10.1. The molecule has 1 aliphatic carbocycles. The van der Waals surface area contributed by atoms with E-state index in [9.17, 15) is 9.59 Å². The Labute approximate surface area is 169 Å². The lowest BCUT2D eigenvalue weighted by Crippen LogP contribution is -2.40. The number of carbonyl (C=O) groups is 2. The van der Waals surface area contributed by atoms with Crippen molar-refractivity contribution in [2.24, 2.45) is 18.9 Å². The molecule has 156 valence electrons. The van der Waals surface area contributed by atoms with Gasteiger partial charge in [0.1, 0.15) is 5.69 Å². The zero-order valence-corrected chi connectivity index (χ0v) is 17.6. The van der Waals surface area contributed by atoms with Gasteiger partial charge in [-0.3, -0.25) is 14.3 Å². The summed E-state index contributed by atoms with van der Waals surface area (Å²) in [5.74, 6) is 1.23. The largest absolute Gasteiger partial charge is 0.348 e. The summed E-state index contributed by atoms with van der Waals surface area (Å²) in [4.78, 5) is 31.7. The second-order valence-corrected chi connectivity index (χ2v) is 8.78. The molecule has 3 atom stereocenters. The molecule has 3 heterocycles. The predicted molar refractivity (Wildman–Crippen MR) is 104 cm³/mol. The number of nitrogens with one attached hydrogen (secondary N) is 1. The highest BCUT2D eigenvalue weighted by Crippen LogP contribution is 2.50. The van der Waals surface area contributed by atoms with Crippen molar-refractivity contribution in [1.29, 1.82) is 0 Å². The molecule has 1 saturated carbocycles. The number of rotatable bonds is 4. The molecule has 4 rings (SSSR count). The Kier molecular flexibility index (Phi) is 4.71. The highest BCUT2D eigenvalue weighted by atomic mass is 16.5. The summed E-state index contributed by atoms with van der Waals surface area (Å²) in [6.07, 6.45) is 1.43. The van der Waals surface area contributed by atoms with E-state index in [1.54, 1.807) is 17.7 Å². The molecule has 9 nitrogen and oxygen atoms in total. The Morgan fingerprint density at radius 2 is 2.10 bits per heavy atom. The van der Waals surface area contributed by atoms with Gasteiger partial charge in [0.2, 0.25) is 11.8 Å². The third kappa shape index (κ3) is 3.32. The summed E-state index contributed by atoms with van der Waals surface area (Å²) in [6, 6.07) is 1.75. The van der Waals surface area contributed by atoms with Crippen LogP contribution in [0.25, 0.3) is 0 Å². The molecule has 0 bridgehead atoms. The minimum atomic E-state index is -0.413. The third-order valence-electron chi connectivity index (χ3n) is 6.32. The van der Waals surface area contributed by atoms with Gasteiger partial charge >= 0.3 is 0 Å². The molecule has 2 aliphatic rings. The SMILES string of the molecule is Cc1noc([C@]23C[C@H](NC(=O)c4cc(C)n(C)n4)CC2CN(C(=O)C(C)C)C3)n1. The zero-order valence-electron chi connectivity index (χ0n) is 17.6. The van der Waals surface area contributed by atoms with E-state index in [4.69, 9.17) is 4.52 Å². The second kappa shape index (κ2) is 6.96. The van der Waals surface area contributed by atoms with Gasteiger partial charge in [0, 0.05) is 37.8 Å². The Balaban J connectivity index is 1.55. The first-order chi connectivity index (χ1) is 13.7. The van der Waals surface area contributed by atoms with Gasteiger partial charge in [-0.1, -0.05) is 19.0 Å². The summed E-state index contributed by atoms with van der Waals surface area (Å²) in [5.41, 5.74) is 0.935. The van der Waals surface area contributed by atoms with Crippen molar-refractivity contribution in [3.63, 3.8) is 0 Å². The van der Waals surface area contributed by atoms with Crippen LogP contribution in [-0.2, 0) is 17.3 Å². The molecule has 2 aromatic heterocycles. The maximum Gasteiger partial charge on any atom is 0.272 e. The molecule has 9 heteroatoms. The minimum Gasteiger partial charge on any atom is -0.348 e. The highest BCUT2D eigenvalue weighted by molar-refractivity contribution is 5.92. The molecule has 1 unspecified atom stereocenters. The molecule has 0 radical (unpaired) electrons. The van der Waals surface area contributed by atoms with Crippen LogP contribution >= 0.6 is 0 Å². The van der Waals surface area contributed by atoms with E-state index in [0.29, 0.717) is 36.9 Å². The lowest BCUT2D eigenvalue weighted by atomic mass is 9.80. The molecular weight excluding hydrogens is 372 g/mol. The predicted octanol–water partition coefficient (Wildman–Crippen LogP) is 1.36. The van der Waals surface area contributed by atoms with Crippen LogP contribution in [0, 0.1) is 25.7 Å². The quantitative estimate of drug-likeness (QED) is 0.831. The number of likely N-dealkylation sites (tertiary alicyclic amines) is 1. The van der Waals surface area contributed by atoms with Crippen LogP contribution in [0.2, 0.25) is 0 Å². The second-order valence-electron chi connectivity index (χ2n) is 8.78. The van der Waals surface area contributed by atoms with Gasteiger partial charge in [0.15, 0.2) is 5.82 Å². The number of hydrogen-bond donors (Lipinski definition) is 1. The van der Waals surface area contributed by atoms with Gasteiger partial charge in [-0.15, -0.1) is 0 Å². The first kappa shape index (κ1) is 19.6. The number of hydrogen-bond acceptors (Lipinski definition) is 6. The van der Waals surface area contributed by atoms with Crippen LogP contribution < -0.4 is 5.32 Å². The van der Waals surface area contributed by atoms with E-state index in [1.807, 2.05) is 32.7 Å². The Morgan fingerprint density at radius 3 is 2.69 bits per heavy atom. The van der Waals surface area contributed by atoms with Crippen LogP contribution in [0.15, 0.2) is 10.6 Å². The van der Waals surface area contributed by atoms with E-state index in [2.05, 4.69) is 20.6 Å². The van der Waals surface area contributed by atoms with Crippen molar-refractivity contribution >= 4 is 11.8 Å². The van der Waals surface area contributed by atoms with E-state index in [-0.39, 0.29) is 29.7 Å². The summed E-state index contributed by atoms with van der Waals surface area (Å²) in [5, 5.41) is 11.4. The van der Waals surface area contributed by atoms with Gasteiger partial charge in [0.25, 0.3) is 5.91 Å². The number of amides is 2. The number of aryl methyl sites for hydroxylation is 3. The van der Waals surface area contributed by atoms with Crippen LogP contribution in [-0.4, -0.2) is 55.8 Å². The monoisotopic (exact) mass is 400 g/mol. The molecular formula is C20H28N6O3. The van der Waals surface area contributed by atoms with E-state index in [1.165, 1.54) is 0 Å². The molecule has 1 saturated heterocycles. The molecule has 29 heavy (non-hydrogen) atoms. The number of nitrogens with zero attached hydrogens (tertiary/aromatic N) is 5. The topological polar surface area (TPSA) is 106 Å². The molecule has 2 fully saturated rings. The molecule has 2 amide bonds. The van der Waals surface area contributed by atoms with Crippen molar-refractivity contribution in [1.82, 2.24) is 30.1 Å². The van der Waals surface area contributed by atoms with Crippen molar-refractivity contribution < 1.29 is 14.1 Å². The van der Waals surface area contributed by atoms with Crippen LogP contribution in [0.4, 0.5) is 0 Å². The molecule has 1 aliphatic heterocycles. The van der Waals surface area contributed by atoms with Gasteiger partial charge in [-0.2, -0.15) is 10.1 Å². The summed E-state index contributed by atoms with van der Waals surface area (Å²) < 4.78 is 7.26. The van der Waals surface area contributed by atoms with Crippen LogP contribution in [0.3, 0.4) is 0 Å². The fourth-order valence-electron chi connectivity index (χ4n) is 4.78. The molecule has 0 spiro atoms. The molecule has 1 N–H and O–H groups in total. The lowest BCUT2D eigenvalue weighted by Gasteiger charge is -2.26. The van der Waals surface area contributed by atoms with E-state index >= 15 is 0 Å². The zero-order chi connectivity index (χ0) is 20.9. The van der Waals surface area contributed by atoms with Crippen molar-refractivity contribution in [2.75, 3.05) is 13.1 Å². The normalized spacial score (nSPS) is 26.2. The maximum atomic E-state index is 12.7. The summed E-state index contributed by atoms with van der Waals surface area (Å²) in [7, 11) is 1.82. The molecule has 0 aromatic carbocycles. The van der Waals surface area contributed by atoms with Gasteiger partial charge in [-0.05, 0) is 38.7 Å². The average molecular weight is 400 g/mol. The minimum absolute atomic E-state index is 0.0293. The maximum absolute atomic E-state index is 12.7. The standard InChI is InChI=1S/C20H28N6O3/c1-11(2)18(28)26-9-14-7-15(22-17(27)16-6-12(3)25(5)23-16)8-20(14,10-26)19-21-13(4)24-29-19/h6,11,14-15H,7-10H2,1-5H3,(H,22,27)/t14?,15-,20+/m1/s1. The van der Waals surface area contributed by atoms with Crippen molar-refractivity contribution in [3.05, 3.63) is 29.2 Å². The fourth-order valence-corrected chi connectivity index (χ4v) is 4.78. The van der Waals surface area contributed by atoms with E-state index in [0.717, 1.165) is 12.1 Å². The third-order valence-corrected chi connectivity index (χ3v) is 6.32. The fraction of sp³-hybridized carbons (Fsp3) is 0.650. The van der Waals surface area contributed by atoms with Gasteiger partial charge < -0.3 is 14.7 Å². The van der Waals surface area contributed by atoms with Gasteiger partial charge in [-0.25, -0.2) is 0 Å². The Bertz CT molecular complexity index is 928. The summed E-state index contributed by atoms with van der Waals surface area (Å²) in [6.45, 7) is 8.73. The van der Waals surface area contributed by atoms with Crippen molar-refractivity contribution in [3.8, 4) is 0 Å². The van der Waals surface area contributed by atoms with E-state index < -0.39 is 5.41 Å². The number of fused-ring (bicyclic) bond motifs is 1. The smallest absolute Gasteiger partial charge is 0.272 e. The number of carbonyl (C=O) groups excluding carboxylic acids is 2. The lowest BCUT2D eigenvalue weighted by molar-refractivity contribution is -0.133. The Hall–Kier alpha value is -2.71. The van der Waals surface area contributed by atoms with Gasteiger partial charge in [0.05, 0.1) is 5.41 Å². The number of aromatic nitrogens is 4. The average Bonchev–Trinajstić information content (AvgIpc) is 3.38. The summed E-state index contributed by atoms with van der Waals surface area (Å²) >= 11 is 0. The van der Waals surface area contributed by atoms with Crippen molar-refractivity contribution in [2.45, 2.75) is 52.0 Å². The Morgan fingerprint density at radius 1 is 1.34 bits per heavy atom. The first-order valence-corrected chi connectivity index (χ1v) is 10.1.